The Kier molecular flexibility index (Phi) is 52.2. The zero-order valence-electron chi connectivity index (χ0n) is 50.7. The fourth-order valence-electron chi connectivity index (χ4n) is 9.86. The number of aliphatic hydroxyl groups is 5. The minimum atomic E-state index is -1.62. The summed E-state index contributed by atoms with van der Waals surface area (Å²) < 4.78 is 17.6. The molecule has 0 aliphatic carbocycles. The van der Waals surface area contributed by atoms with E-state index in [1.165, 1.54) is 161 Å². The molecule has 11 nitrogen and oxygen atoms in total. The van der Waals surface area contributed by atoms with Crippen molar-refractivity contribution in [2.45, 2.75) is 333 Å². The van der Waals surface area contributed by atoms with Crippen LogP contribution in [0.25, 0.3) is 0 Å². The topological polar surface area (TPSA) is 175 Å². The summed E-state index contributed by atoms with van der Waals surface area (Å²) in [7, 11) is 0. The normalized spacial score (nSPS) is 19.3. The summed E-state index contributed by atoms with van der Waals surface area (Å²) in [6.07, 6.45) is 60.7. The molecule has 79 heavy (non-hydrogen) atoms. The van der Waals surface area contributed by atoms with Crippen LogP contribution in [0.2, 0.25) is 0 Å². The highest BCUT2D eigenvalue weighted by molar-refractivity contribution is 5.80. The van der Waals surface area contributed by atoms with Crippen LogP contribution in [-0.4, -0.2) is 99.6 Å². The van der Waals surface area contributed by atoms with Crippen LogP contribution in [0, 0.1) is 0 Å². The van der Waals surface area contributed by atoms with Gasteiger partial charge in [0.15, 0.2) is 12.4 Å². The molecule has 0 bridgehead atoms. The molecule has 0 radical (unpaired) electrons. The third-order valence-corrected chi connectivity index (χ3v) is 15.1. The average molecular weight is 1110 g/mol. The summed E-state index contributed by atoms with van der Waals surface area (Å²) in [6, 6.07) is -1.04. The standard InChI is InChI=1S/C68H121NO10/c1-4-7-10-13-16-19-22-25-27-29-31-33-35-38-41-44-47-50-53-56-63(73)79-66-65(75)64(74)62(57-70)78-68(66)77-58-59(60(71)54-51-48-45-42-39-36-24-21-18-15-12-9-6-3)69-67(76)61(72)55-52-49-46-43-40-37-34-32-30-28-26-23-20-17-14-11-8-5-2/h17,20,25-28,32,34,40,43,51,54,59-62,64-66,68,70-72,74-75H,4-16,18-19,21-24,29-31,33,35-39,41-42,44-50,52-53,55-58H2,1-3H3,(H,69,76)/b20-17-,27-25+,28-26-,34-32-,43-40-,54-51+. The zero-order valence-corrected chi connectivity index (χ0v) is 50.7. The lowest BCUT2D eigenvalue weighted by Gasteiger charge is -2.41. The molecule has 458 valence electrons. The third-order valence-electron chi connectivity index (χ3n) is 15.1. The molecule has 11 heteroatoms. The number of aliphatic hydroxyl groups excluding tert-OH is 5. The number of nitrogens with one attached hydrogen (secondary N) is 1. The van der Waals surface area contributed by atoms with E-state index in [0.29, 0.717) is 12.8 Å². The number of carbonyl (C=O) groups is 2. The van der Waals surface area contributed by atoms with Crippen LogP contribution in [-0.2, 0) is 23.8 Å². The summed E-state index contributed by atoms with van der Waals surface area (Å²) in [5.74, 6) is -1.23. The van der Waals surface area contributed by atoms with Crippen molar-refractivity contribution in [2.24, 2.45) is 0 Å². The molecule has 6 N–H and O–H groups in total. The molecule has 1 aliphatic rings. The number of ether oxygens (including phenoxy) is 3. The van der Waals surface area contributed by atoms with Crippen molar-refractivity contribution in [3.63, 3.8) is 0 Å². The van der Waals surface area contributed by atoms with E-state index in [9.17, 15) is 35.1 Å². The predicted octanol–water partition coefficient (Wildman–Crippen LogP) is 16.0. The Morgan fingerprint density at radius 2 is 0.873 bits per heavy atom. The molecule has 0 saturated carbocycles. The molecule has 1 fully saturated rings. The van der Waals surface area contributed by atoms with Crippen LogP contribution in [0.5, 0.6) is 0 Å². The molecular weight excluding hydrogens is 991 g/mol. The molecular formula is C68H121NO10. The predicted molar refractivity (Wildman–Crippen MR) is 329 cm³/mol. The quantitative estimate of drug-likeness (QED) is 0.0195. The molecule has 8 unspecified atom stereocenters. The number of amides is 1. The minimum absolute atomic E-state index is 0.116. The van der Waals surface area contributed by atoms with Gasteiger partial charge in [0.05, 0.1) is 25.4 Å². The van der Waals surface area contributed by atoms with Crippen molar-refractivity contribution in [2.75, 3.05) is 13.2 Å². The van der Waals surface area contributed by atoms with Crippen molar-refractivity contribution < 1.29 is 49.3 Å². The van der Waals surface area contributed by atoms with Gasteiger partial charge in [-0.05, 0) is 96.3 Å². The smallest absolute Gasteiger partial charge is 0.306 e. The van der Waals surface area contributed by atoms with Gasteiger partial charge in [-0.3, -0.25) is 9.59 Å². The first kappa shape index (κ1) is 74.1. The summed E-state index contributed by atoms with van der Waals surface area (Å²) in [4.78, 5) is 26.6. The van der Waals surface area contributed by atoms with E-state index in [4.69, 9.17) is 14.2 Å². The number of hydrogen-bond donors (Lipinski definition) is 6. The number of rotatable bonds is 55. The van der Waals surface area contributed by atoms with Crippen molar-refractivity contribution in [3.8, 4) is 0 Å². The highest BCUT2D eigenvalue weighted by Gasteiger charge is 2.47. The third kappa shape index (κ3) is 43.5. The highest BCUT2D eigenvalue weighted by atomic mass is 16.7. The van der Waals surface area contributed by atoms with Crippen molar-refractivity contribution in [1.29, 1.82) is 0 Å². The molecule has 1 rings (SSSR count). The Morgan fingerprint density at radius 3 is 1.34 bits per heavy atom. The van der Waals surface area contributed by atoms with Gasteiger partial charge < -0.3 is 45.1 Å². The summed E-state index contributed by atoms with van der Waals surface area (Å²) in [5, 5.41) is 57.0. The second-order valence-corrected chi connectivity index (χ2v) is 22.5. The van der Waals surface area contributed by atoms with E-state index in [0.717, 1.165) is 77.0 Å². The van der Waals surface area contributed by atoms with Gasteiger partial charge in [0.1, 0.15) is 24.4 Å². The second kappa shape index (κ2) is 55.6. The second-order valence-electron chi connectivity index (χ2n) is 22.5. The molecule has 1 aliphatic heterocycles. The maximum absolute atomic E-state index is 13.4. The Labute approximate surface area is 483 Å². The summed E-state index contributed by atoms with van der Waals surface area (Å²) in [6.45, 7) is 5.75. The molecule has 8 atom stereocenters. The largest absolute Gasteiger partial charge is 0.454 e. The Morgan fingerprint density at radius 1 is 0.494 bits per heavy atom. The molecule has 0 spiro atoms. The Balaban J connectivity index is 2.69. The molecule has 1 heterocycles. The van der Waals surface area contributed by atoms with E-state index in [2.05, 4.69) is 86.8 Å². The zero-order chi connectivity index (χ0) is 57.5. The van der Waals surface area contributed by atoms with Gasteiger partial charge in [-0.15, -0.1) is 0 Å². The van der Waals surface area contributed by atoms with E-state index in [-0.39, 0.29) is 19.4 Å². The first-order valence-corrected chi connectivity index (χ1v) is 32.7. The number of esters is 1. The van der Waals surface area contributed by atoms with Crippen molar-refractivity contribution in [1.82, 2.24) is 5.32 Å². The lowest BCUT2D eigenvalue weighted by atomic mass is 9.99. The summed E-state index contributed by atoms with van der Waals surface area (Å²) in [5.41, 5.74) is 0. The van der Waals surface area contributed by atoms with Crippen LogP contribution in [0.15, 0.2) is 72.9 Å². The van der Waals surface area contributed by atoms with Gasteiger partial charge in [-0.25, -0.2) is 0 Å². The Hall–Kier alpha value is -2.90. The maximum atomic E-state index is 13.4. The molecule has 1 saturated heterocycles. The van der Waals surface area contributed by atoms with Gasteiger partial charge in [0.25, 0.3) is 0 Å². The lowest BCUT2D eigenvalue weighted by molar-refractivity contribution is -0.305. The number of allylic oxidation sites excluding steroid dienone is 11. The summed E-state index contributed by atoms with van der Waals surface area (Å²) >= 11 is 0. The fraction of sp³-hybridized carbons (Fsp3) is 0.794. The first-order valence-electron chi connectivity index (χ1n) is 32.7. The van der Waals surface area contributed by atoms with Gasteiger partial charge in [-0.1, -0.05) is 254 Å². The number of unbranched alkanes of at least 4 members (excludes halogenated alkanes) is 31. The van der Waals surface area contributed by atoms with Crippen molar-refractivity contribution >= 4 is 11.9 Å². The number of hydrogen-bond acceptors (Lipinski definition) is 10. The lowest BCUT2D eigenvalue weighted by Crippen LogP contribution is -2.61. The van der Waals surface area contributed by atoms with Crippen LogP contribution >= 0.6 is 0 Å². The van der Waals surface area contributed by atoms with Crippen molar-refractivity contribution in [3.05, 3.63) is 72.9 Å². The van der Waals surface area contributed by atoms with E-state index >= 15 is 0 Å². The van der Waals surface area contributed by atoms with Crippen LogP contribution in [0.4, 0.5) is 0 Å². The van der Waals surface area contributed by atoms with Gasteiger partial charge in [-0.2, -0.15) is 0 Å². The van der Waals surface area contributed by atoms with Crippen LogP contribution < -0.4 is 5.32 Å². The maximum Gasteiger partial charge on any atom is 0.306 e. The van der Waals surface area contributed by atoms with E-state index in [1.54, 1.807) is 6.08 Å². The average Bonchev–Trinajstić information content (AvgIpc) is 3.49. The highest BCUT2D eigenvalue weighted by Crippen LogP contribution is 2.26. The van der Waals surface area contributed by atoms with Gasteiger partial charge >= 0.3 is 5.97 Å². The molecule has 0 aromatic heterocycles. The van der Waals surface area contributed by atoms with E-state index in [1.807, 2.05) is 6.08 Å². The molecule has 1 amide bonds. The number of carbonyl (C=O) groups excluding carboxylic acids is 2. The molecule has 0 aromatic carbocycles. The van der Waals surface area contributed by atoms with Crippen LogP contribution in [0.1, 0.15) is 284 Å². The minimum Gasteiger partial charge on any atom is -0.454 e. The SMILES string of the molecule is CCCCC/C=C\C/C=C\C/C=C\C/C=C\CCCCC(O)C(=O)NC(COC1OC(CO)C(O)C(O)C1OC(=O)CCCCCCCCCCC/C=C/CCCCCCCC)C(O)/C=C/CCCCCCCCCCCCC. The molecule has 0 aromatic rings. The van der Waals surface area contributed by atoms with Gasteiger partial charge in [0, 0.05) is 6.42 Å². The van der Waals surface area contributed by atoms with E-state index < -0.39 is 67.4 Å². The Bertz CT molecular complexity index is 1560. The fourth-order valence-corrected chi connectivity index (χ4v) is 9.86. The van der Waals surface area contributed by atoms with Gasteiger partial charge in [0.2, 0.25) is 5.91 Å². The monoisotopic (exact) mass is 1110 g/mol. The van der Waals surface area contributed by atoms with Crippen LogP contribution in [0.3, 0.4) is 0 Å². The first-order chi connectivity index (χ1) is 38.7.